The Morgan fingerprint density at radius 2 is 2.13 bits per heavy atom. The van der Waals surface area contributed by atoms with Crippen molar-refractivity contribution in [2.75, 3.05) is 0 Å². The average Bonchev–Trinajstić information content (AvgIpc) is 3.21. The number of pyridine rings is 1. The van der Waals surface area contributed by atoms with E-state index in [9.17, 15) is 9.18 Å². The number of fused-ring (bicyclic) bond motifs is 2. The molecule has 0 aromatic carbocycles. The molecule has 2 saturated carbocycles. The van der Waals surface area contributed by atoms with E-state index >= 15 is 0 Å². The van der Waals surface area contributed by atoms with Gasteiger partial charge in [-0.05, 0) is 35.6 Å². The van der Waals surface area contributed by atoms with Crippen LogP contribution in [0.5, 0.6) is 0 Å². The lowest BCUT2D eigenvalue weighted by atomic mass is 10.1. The van der Waals surface area contributed by atoms with Gasteiger partial charge in [-0.2, -0.15) is 4.98 Å². The van der Waals surface area contributed by atoms with Crippen molar-refractivity contribution < 1.29 is 8.91 Å². The Morgan fingerprint density at radius 1 is 1.27 bits per heavy atom. The van der Waals surface area contributed by atoms with E-state index in [0.29, 0.717) is 34.7 Å². The van der Waals surface area contributed by atoms with Gasteiger partial charge in [0.15, 0.2) is 17.0 Å². The van der Waals surface area contributed by atoms with Crippen LogP contribution in [0.15, 0.2) is 45.9 Å². The van der Waals surface area contributed by atoms with Gasteiger partial charge in [-0.3, -0.25) is 14.3 Å². The molecule has 148 valence electrons. The van der Waals surface area contributed by atoms with E-state index in [1.165, 1.54) is 34.3 Å². The van der Waals surface area contributed by atoms with Crippen molar-refractivity contribution in [1.82, 2.24) is 34.2 Å². The second kappa shape index (κ2) is 5.07. The molecule has 30 heavy (non-hydrogen) atoms. The van der Waals surface area contributed by atoms with Crippen LogP contribution >= 0.6 is 0 Å². The molecule has 4 aromatic heterocycles. The van der Waals surface area contributed by atoms with Crippen LogP contribution in [0, 0.1) is 17.7 Å². The van der Waals surface area contributed by atoms with E-state index in [2.05, 4.69) is 25.1 Å². The van der Waals surface area contributed by atoms with Crippen molar-refractivity contribution in [3.8, 4) is 0 Å². The van der Waals surface area contributed by atoms with Crippen molar-refractivity contribution in [2.45, 2.75) is 18.4 Å². The highest BCUT2D eigenvalue weighted by Crippen LogP contribution is 2.90. The van der Waals surface area contributed by atoms with Crippen LogP contribution in [0.4, 0.5) is 4.39 Å². The number of aryl methyl sites for hydroxylation is 1. The second-order valence-corrected chi connectivity index (χ2v) is 8.13. The maximum absolute atomic E-state index is 13.2. The van der Waals surface area contributed by atoms with Crippen LogP contribution < -0.4 is 5.56 Å². The summed E-state index contributed by atoms with van der Waals surface area (Å²) in [5.41, 5.74) is 3.80. The van der Waals surface area contributed by atoms with Gasteiger partial charge in [-0.1, -0.05) is 5.16 Å². The third kappa shape index (κ3) is 1.81. The molecular weight excluding hydrogens is 389 g/mol. The fourth-order valence-corrected chi connectivity index (χ4v) is 5.22. The summed E-state index contributed by atoms with van der Waals surface area (Å²) in [5.74, 6) is 1.61. The Balaban J connectivity index is 1.20. The van der Waals surface area contributed by atoms with E-state index in [1.807, 2.05) is 0 Å². The van der Waals surface area contributed by atoms with Gasteiger partial charge in [-0.25, -0.2) is 14.4 Å². The van der Waals surface area contributed by atoms with Crippen LogP contribution in [0.1, 0.15) is 23.8 Å². The molecule has 4 heterocycles. The smallest absolute Gasteiger partial charge is 0.280 e. The Kier molecular flexibility index (Phi) is 2.73. The van der Waals surface area contributed by atoms with E-state index in [1.54, 1.807) is 24.0 Å². The summed E-state index contributed by atoms with van der Waals surface area (Å²) in [6, 6.07) is 3.16. The van der Waals surface area contributed by atoms with Gasteiger partial charge >= 0.3 is 0 Å². The minimum absolute atomic E-state index is 0.137. The standard InChI is InChI=1S/C20H14FN7O2/c1-27-7-23-17-16(27)18(29)28(8-24-17)6-13-25-19(26-30-13)20-11-4-10(14(20)15(11)20)12-3-2-9(21)5-22-12/h2-3,5,7-8,11,15H,4,6H2,1H3/t11-,15-,20+/m1/s1. The molecule has 0 aliphatic heterocycles. The molecule has 2 fully saturated rings. The van der Waals surface area contributed by atoms with Gasteiger partial charge in [-0.15, -0.1) is 0 Å². The number of nitrogens with zero attached hydrogens (tertiary/aromatic N) is 7. The Hall–Kier alpha value is -3.69. The number of hydrogen-bond acceptors (Lipinski definition) is 7. The van der Waals surface area contributed by atoms with Gasteiger partial charge in [0.25, 0.3) is 5.56 Å². The summed E-state index contributed by atoms with van der Waals surface area (Å²) in [6.07, 6.45) is 5.16. The molecule has 4 aromatic rings. The van der Waals surface area contributed by atoms with Gasteiger partial charge in [0.05, 0.1) is 23.6 Å². The molecule has 2 bridgehead atoms. The maximum atomic E-state index is 13.2. The Bertz CT molecular complexity index is 1460. The lowest BCUT2D eigenvalue weighted by Gasteiger charge is -2.02. The molecule has 0 saturated heterocycles. The van der Waals surface area contributed by atoms with Gasteiger partial charge in [0.1, 0.15) is 18.7 Å². The monoisotopic (exact) mass is 403 g/mol. The summed E-state index contributed by atoms with van der Waals surface area (Å²) in [5, 5.41) is 4.22. The summed E-state index contributed by atoms with van der Waals surface area (Å²) in [7, 11) is 1.75. The van der Waals surface area contributed by atoms with Crippen molar-refractivity contribution in [1.29, 1.82) is 0 Å². The number of rotatable bonds is 4. The zero-order valence-corrected chi connectivity index (χ0v) is 15.8. The van der Waals surface area contributed by atoms with E-state index in [-0.39, 0.29) is 23.3 Å². The highest BCUT2D eigenvalue weighted by Gasteiger charge is 2.89. The molecule has 3 atom stereocenters. The average molecular weight is 403 g/mol. The maximum Gasteiger partial charge on any atom is 0.280 e. The SMILES string of the molecule is Cn1cnc2ncn(Cc3nc([C@]45C6=C(c7ccc(F)cn7)C[C@@H]4[C@H]65)no3)c(=O)c21. The molecule has 0 N–H and O–H groups in total. The van der Waals surface area contributed by atoms with Crippen LogP contribution in [0.3, 0.4) is 0 Å². The predicted octanol–water partition coefficient (Wildman–Crippen LogP) is 1.45. The first-order chi connectivity index (χ1) is 14.6. The molecule has 8 rings (SSSR count). The fraction of sp³-hybridized carbons (Fsp3) is 0.300. The first-order valence-corrected chi connectivity index (χ1v) is 9.64. The van der Waals surface area contributed by atoms with E-state index in [4.69, 9.17) is 4.52 Å². The summed E-state index contributed by atoms with van der Waals surface area (Å²) in [4.78, 5) is 29.8. The van der Waals surface area contributed by atoms with E-state index < -0.39 is 0 Å². The van der Waals surface area contributed by atoms with Gasteiger partial charge < -0.3 is 9.09 Å². The topological polar surface area (TPSA) is 105 Å². The lowest BCUT2D eigenvalue weighted by molar-refractivity contribution is 0.363. The number of halogens is 1. The first-order valence-electron chi connectivity index (χ1n) is 9.64. The quantitative estimate of drug-likeness (QED) is 0.508. The van der Waals surface area contributed by atoms with E-state index in [0.717, 1.165) is 12.1 Å². The largest absolute Gasteiger partial charge is 0.337 e. The molecule has 0 unspecified atom stereocenters. The highest BCUT2D eigenvalue weighted by atomic mass is 19.1. The van der Waals surface area contributed by atoms with Crippen LogP contribution in [-0.2, 0) is 19.0 Å². The summed E-state index contributed by atoms with van der Waals surface area (Å²) >= 11 is 0. The molecule has 0 radical (unpaired) electrons. The number of aromatic nitrogens is 7. The molecule has 4 aliphatic carbocycles. The zero-order valence-electron chi connectivity index (χ0n) is 15.8. The highest BCUT2D eigenvalue weighted by molar-refractivity contribution is 5.88. The molecule has 10 heteroatoms. The number of hydrogen-bond donors (Lipinski definition) is 0. The molecule has 9 nitrogen and oxygen atoms in total. The number of allylic oxidation sites excluding steroid dienone is 2. The third-order valence-corrected chi connectivity index (χ3v) is 6.67. The van der Waals surface area contributed by atoms with Crippen molar-refractivity contribution in [3.05, 3.63) is 70.1 Å². The summed E-state index contributed by atoms with van der Waals surface area (Å²) in [6.45, 7) is 0.150. The van der Waals surface area contributed by atoms with Crippen LogP contribution in [0.25, 0.3) is 16.7 Å². The Labute approximate surface area is 167 Å². The fourth-order valence-electron chi connectivity index (χ4n) is 5.22. The van der Waals surface area contributed by atoms with Gasteiger partial charge in [0.2, 0.25) is 5.89 Å². The molecular formula is C20H14FN7O2. The molecule has 0 spiro atoms. The minimum atomic E-state index is -0.339. The predicted molar refractivity (Wildman–Crippen MR) is 101 cm³/mol. The second-order valence-electron chi connectivity index (χ2n) is 8.13. The molecule has 4 aliphatic rings. The summed E-state index contributed by atoms with van der Waals surface area (Å²) < 4.78 is 21.7. The third-order valence-electron chi connectivity index (χ3n) is 6.67. The van der Waals surface area contributed by atoms with Crippen molar-refractivity contribution in [3.63, 3.8) is 0 Å². The van der Waals surface area contributed by atoms with Crippen molar-refractivity contribution >= 4 is 16.7 Å². The molecule has 0 amide bonds. The van der Waals surface area contributed by atoms with Crippen LogP contribution in [-0.4, -0.2) is 34.2 Å². The van der Waals surface area contributed by atoms with Gasteiger partial charge in [0, 0.05) is 13.0 Å². The minimum Gasteiger partial charge on any atom is -0.337 e. The normalized spacial score (nSPS) is 25.8. The zero-order chi connectivity index (χ0) is 20.2. The van der Waals surface area contributed by atoms with Crippen LogP contribution in [0.2, 0.25) is 0 Å². The Morgan fingerprint density at radius 3 is 2.93 bits per heavy atom. The lowest BCUT2D eigenvalue weighted by Crippen LogP contribution is -2.22. The van der Waals surface area contributed by atoms with Crippen molar-refractivity contribution in [2.24, 2.45) is 18.9 Å². The number of imidazole rings is 1. The first kappa shape index (κ1) is 16.1.